The van der Waals surface area contributed by atoms with Crippen LogP contribution in [0.3, 0.4) is 0 Å². The van der Waals surface area contributed by atoms with Gasteiger partial charge in [-0.15, -0.1) is 11.8 Å². The molecule has 0 unspecified atom stereocenters. The van der Waals surface area contributed by atoms with Crippen LogP contribution in [0.2, 0.25) is 5.02 Å². The summed E-state index contributed by atoms with van der Waals surface area (Å²) in [7, 11) is 0. The van der Waals surface area contributed by atoms with Gasteiger partial charge in [-0.05, 0) is 24.3 Å². The molecule has 1 aromatic heterocycles. The van der Waals surface area contributed by atoms with Crippen LogP contribution < -0.4 is 4.90 Å². The molecule has 0 spiro atoms. The lowest BCUT2D eigenvalue weighted by Crippen LogP contribution is -2.48. The number of thioether (sulfide) groups is 1. The molecule has 0 bridgehead atoms. The van der Waals surface area contributed by atoms with Crippen molar-refractivity contribution in [1.82, 2.24) is 14.7 Å². The molecule has 10 heteroatoms. The fourth-order valence-electron chi connectivity index (χ4n) is 4.84. The van der Waals surface area contributed by atoms with Crippen LogP contribution in [-0.4, -0.2) is 65.1 Å². The number of aromatic nitrogens is 2. The molecular weight excluding hydrogens is 527 g/mol. The molecule has 0 aliphatic carbocycles. The minimum absolute atomic E-state index is 0.0865. The smallest absolute Gasteiger partial charge is 0.242 e. The highest BCUT2D eigenvalue weighted by Gasteiger charge is 2.41. The van der Waals surface area contributed by atoms with Crippen LogP contribution in [0.25, 0.3) is 5.69 Å². The molecule has 1 fully saturated rings. The summed E-state index contributed by atoms with van der Waals surface area (Å²) in [6, 6.07) is 13.8. The molecule has 0 radical (unpaired) electrons. The maximum absolute atomic E-state index is 15.2. The van der Waals surface area contributed by atoms with Gasteiger partial charge in [0.05, 0.1) is 35.6 Å². The Morgan fingerprint density at radius 1 is 1.16 bits per heavy atom. The van der Waals surface area contributed by atoms with Gasteiger partial charge in [-0.2, -0.15) is 5.10 Å². The zero-order valence-corrected chi connectivity index (χ0v) is 23.2. The summed E-state index contributed by atoms with van der Waals surface area (Å²) in [6.45, 7) is 7.84. The lowest BCUT2D eigenvalue weighted by atomic mass is 9.87. The van der Waals surface area contributed by atoms with E-state index in [1.165, 1.54) is 22.7 Å². The number of rotatable bonds is 4. The third kappa shape index (κ3) is 5.19. The minimum atomic E-state index is -0.499. The van der Waals surface area contributed by atoms with E-state index >= 15 is 4.39 Å². The Morgan fingerprint density at radius 2 is 1.89 bits per heavy atom. The number of ether oxygens (including phenoxy) is 1. The minimum Gasteiger partial charge on any atom is -0.378 e. The molecular formula is C28H30ClFN4O3S. The number of benzene rings is 2. The zero-order chi connectivity index (χ0) is 27.0. The number of halogens is 2. The molecule has 200 valence electrons. The van der Waals surface area contributed by atoms with E-state index < -0.39 is 10.7 Å². The van der Waals surface area contributed by atoms with E-state index in [0.29, 0.717) is 48.4 Å². The number of carbonyl (C=O) groups is 2. The highest BCUT2D eigenvalue weighted by atomic mass is 35.5. The summed E-state index contributed by atoms with van der Waals surface area (Å²) in [6.07, 6.45) is 0. The van der Waals surface area contributed by atoms with Crippen LogP contribution >= 0.6 is 23.4 Å². The largest absolute Gasteiger partial charge is 0.378 e. The number of fused-ring (bicyclic) bond motifs is 1. The first-order chi connectivity index (χ1) is 18.1. The van der Waals surface area contributed by atoms with E-state index in [4.69, 9.17) is 21.4 Å². The van der Waals surface area contributed by atoms with Crippen molar-refractivity contribution in [3.8, 4) is 5.69 Å². The Bertz CT molecular complexity index is 1370. The number of hydrogen-bond donors (Lipinski definition) is 0. The lowest BCUT2D eigenvalue weighted by Gasteiger charge is -2.30. The maximum Gasteiger partial charge on any atom is 0.242 e. The van der Waals surface area contributed by atoms with Crippen LogP contribution in [0.1, 0.15) is 42.8 Å². The monoisotopic (exact) mass is 556 g/mol. The number of anilines is 1. The lowest BCUT2D eigenvalue weighted by molar-refractivity contribution is -0.134. The van der Waals surface area contributed by atoms with E-state index in [9.17, 15) is 9.59 Å². The van der Waals surface area contributed by atoms with Gasteiger partial charge in [-0.3, -0.25) is 14.5 Å². The standard InChI is InChI=1S/C28H30ClFN4O3S/c1-28(2,3)26-24-25(20-9-4-5-10-21(20)30)38-17-23(36)33(16-22(35)32-11-13-37-14-12-32)27(24)34(31-26)19-8-6-7-18(29)15-19/h4-10,15,25H,11-14,16-17H2,1-3H3/t25-/m1/s1. The van der Waals surface area contributed by atoms with Gasteiger partial charge in [0.2, 0.25) is 11.8 Å². The Kier molecular flexibility index (Phi) is 7.53. The first-order valence-electron chi connectivity index (χ1n) is 12.6. The molecule has 2 aromatic carbocycles. The van der Waals surface area contributed by atoms with E-state index in [-0.39, 0.29) is 29.9 Å². The van der Waals surface area contributed by atoms with Gasteiger partial charge >= 0.3 is 0 Å². The van der Waals surface area contributed by atoms with Gasteiger partial charge in [-0.25, -0.2) is 9.07 Å². The van der Waals surface area contributed by atoms with Crippen LogP contribution in [-0.2, 0) is 19.7 Å². The number of amides is 2. The molecule has 7 nitrogen and oxygen atoms in total. The van der Waals surface area contributed by atoms with E-state index in [1.54, 1.807) is 39.9 Å². The first-order valence-corrected chi connectivity index (χ1v) is 14.0. The maximum atomic E-state index is 15.2. The highest BCUT2D eigenvalue weighted by molar-refractivity contribution is 8.00. The van der Waals surface area contributed by atoms with Crippen molar-refractivity contribution in [2.24, 2.45) is 0 Å². The molecule has 3 heterocycles. The topological polar surface area (TPSA) is 67.7 Å². The molecule has 2 aliphatic rings. The predicted molar refractivity (Wildman–Crippen MR) is 148 cm³/mol. The van der Waals surface area contributed by atoms with Gasteiger partial charge < -0.3 is 9.64 Å². The summed E-state index contributed by atoms with van der Waals surface area (Å²) >= 11 is 7.71. The third-order valence-electron chi connectivity index (χ3n) is 6.70. The third-order valence-corrected chi connectivity index (χ3v) is 8.17. The van der Waals surface area contributed by atoms with E-state index in [1.807, 2.05) is 32.9 Å². The highest BCUT2D eigenvalue weighted by Crippen LogP contribution is 2.49. The van der Waals surface area contributed by atoms with Crippen LogP contribution in [0.15, 0.2) is 48.5 Å². The fourth-order valence-corrected chi connectivity index (χ4v) is 6.25. The summed E-state index contributed by atoms with van der Waals surface area (Å²) in [4.78, 5) is 30.4. The molecule has 2 aliphatic heterocycles. The van der Waals surface area contributed by atoms with Gasteiger partial charge in [0.15, 0.2) is 0 Å². The summed E-state index contributed by atoms with van der Waals surface area (Å²) in [5.74, 6) is -0.194. The molecule has 0 N–H and O–H groups in total. The second kappa shape index (κ2) is 10.7. The van der Waals surface area contributed by atoms with Crippen molar-refractivity contribution in [2.75, 3.05) is 43.5 Å². The van der Waals surface area contributed by atoms with Gasteiger partial charge in [0.1, 0.15) is 18.2 Å². The predicted octanol–water partition coefficient (Wildman–Crippen LogP) is 4.99. The molecule has 1 saturated heterocycles. The number of nitrogens with zero attached hydrogens (tertiary/aromatic N) is 4. The molecule has 5 rings (SSSR count). The molecule has 0 saturated carbocycles. The summed E-state index contributed by atoms with van der Waals surface area (Å²) in [5, 5.41) is 5.02. The van der Waals surface area contributed by atoms with Gasteiger partial charge in [0, 0.05) is 34.7 Å². The van der Waals surface area contributed by atoms with Crippen molar-refractivity contribution in [3.05, 3.63) is 76.2 Å². The average molecular weight is 557 g/mol. The second-order valence-electron chi connectivity index (χ2n) is 10.4. The van der Waals surface area contributed by atoms with Crippen molar-refractivity contribution < 1.29 is 18.7 Å². The van der Waals surface area contributed by atoms with Gasteiger partial charge in [0.25, 0.3) is 0 Å². The fraction of sp³-hybridized carbons (Fsp3) is 0.393. The molecule has 1 atom stereocenters. The van der Waals surface area contributed by atoms with Crippen molar-refractivity contribution in [1.29, 1.82) is 0 Å². The first kappa shape index (κ1) is 26.7. The van der Waals surface area contributed by atoms with E-state index in [0.717, 1.165) is 11.3 Å². The van der Waals surface area contributed by atoms with Crippen molar-refractivity contribution in [3.63, 3.8) is 0 Å². The van der Waals surface area contributed by atoms with Crippen LogP contribution in [0.4, 0.5) is 10.2 Å². The zero-order valence-electron chi connectivity index (χ0n) is 21.6. The molecule has 2 amide bonds. The summed E-state index contributed by atoms with van der Waals surface area (Å²) in [5.41, 5.74) is 2.15. The SMILES string of the molecule is CC(C)(C)c1nn(-c2cccc(Cl)c2)c2c1[C@@H](c1ccccc1F)SCC(=O)N2CC(=O)N1CCOCC1. The Morgan fingerprint density at radius 3 is 2.58 bits per heavy atom. The normalized spacial score (nSPS) is 18.3. The Hall–Kier alpha value is -2.88. The quantitative estimate of drug-likeness (QED) is 0.453. The summed E-state index contributed by atoms with van der Waals surface area (Å²) < 4.78 is 22.3. The van der Waals surface area contributed by atoms with Crippen molar-refractivity contribution in [2.45, 2.75) is 31.4 Å². The van der Waals surface area contributed by atoms with E-state index in [2.05, 4.69) is 0 Å². The van der Waals surface area contributed by atoms with Gasteiger partial charge in [-0.1, -0.05) is 56.6 Å². The Labute approximate surface area is 230 Å². The molecule has 38 heavy (non-hydrogen) atoms. The van der Waals surface area contributed by atoms with Crippen LogP contribution in [0.5, 0.6) is 0 Å². The van der Waals surface area contributed by atoms with Crippen molar-refractivity contribution >= 4 is 41.0 Å². The molecule has 3 aromatic rings. The number of carbonyl (C=O) groups excluding carboxylic acids is 2. The van der Waals surface area contributed by atoms with Crippen LogP contribution in [0, 0.1) is 5.82 Å². The second-order valence-corrected chi connectivity index (χ2v) is 11.9. The average Bonchev–Trinajstić information content (AvgIpc) is 3.23. The Balaban J connectivity index is 1.74. The number of morpholine rings is 1. The number of hydrogen-bond acceptors (Lipinski definition) is 5.